The molecule has 1 atom stereocenters. The highest BCUT2D eigenvalue weighted by atomic mass is 35.5. The van der Waals surface area contributed by atoms with Gasteiger partial charge in [-0.05, 0) is 37.3 Å². The number of hydrogen-bond donors (Lipinski definition) is 1. The van der Waals surface area contributed by atoms with Crippen molar-refractivity contribution in [2.75, 3.05) is 11.9 Å². The minimum Gasteiger partial charge on any atom is -0.482 e. The van der Waals surface area contributed by atoms with Crippen molar-refractivity contribution >= 4 is 40.9 Å². The number of rotatable bonds is 6. The molecule has 0 aliphatic heterocycles. The summed E-state index contributed by atoms with van der Waals surface area (Å²) in [5, 5.41) is 11.6. The number of hydrogen-bond acceptors (Lipinski definition) is 6. The summed E-state index contributed by atoms with van der Waals surface area (Å²) >= 11 is 11.6. The van der Waals surface area contributed by atoms with Crippen LogP contribution in [-0.4, -0.2) is 29.6 Å². The molecule has 1 heterocycles. The van der Waals surface area contributed by atoms with Crippen molar-refractivity contribution < 1.29 is 19.1 Å². The van der Waals surface area contributed by atoms with Crippen molar-refractivity contribution in [3.63, 3.8) is 0 Å². The molecule has 1 aromatic heterocycles. The van der Waals surface area contributed by atoms with E-state index in [1.165, 1.54) is 19.2 Å². The number of carbonyl (C=O) groups is 2. The van der Waals surface area contributed by atoms with E-state index in [1.54, 1.807) is 24.3 Å². The molecule has 0 saturated heterocycles. The molecule has 134 valence electrons. The summed E-state index contributed by atoms with van der Waals surface area (Å²) in [6.07, 6.45) is 0.242. The number of halogens is 2. The van der Waals surface area contributed by atoms with Crippen LogP contribution < -0.4 is 10.1 Å². The summed E-state index contributed by atoms with van der Waals surface area (Å²) < 4.78 is 10.2. The number of esters is 1. The van der Waals surface area contributed by atoms with Gasteiger partial charge in [-0.15, -0.1) is 0 Å². The zero-order valence-electron chi connectivity index (χ0n) is 13.5. The molecule has 1 aromatic carbocycles. The van der Waals surface area contributed by atoms with Crippen molar-refractivity contribution in [3.8, 4) is 11.8 Å². The third-order valence-electron chi connectivity index (χ3n) is 3.07. The van der Waals surface area contributed by atoms with E-state index in [1.807, 2.05) is 6.07 Å². The predicted molar refractivity (Wildman–Crippen MR) is 95.1 cm³/mol. The van der Waals surface area contributed by atoms with Crippen LogP contribution in [0.1, 0.15) is 12.5 Å². The Balaban J connectivity index is 1.83. The van der Waals surface area contributed by atoms with Crippen molar-refractivity contribution in [2.24, 2.45) is 0 Å². The molecule has 0 bridgehead atoms. The van der Waals surface area contributed by atoms with Crippen LogP contribution in [0, 0.1) is 11.3 Å². The summed E-state index contributed by atoms with van der Waals surface area (Å²) in [7, 11) is 0. The van der Waals surface area contributed by atoms with Crippen LogP contribution in [0.15, 0.2) is 36.5 Å². The zero-order valence-corrected chi connectivity index (χ0v) is 15.0. The van der Waals surface area contributed by atoms with Gasteiger partial charge in [0.1, 0.15) is 5.75 Å². The number of anilines is 1. The van der Waals surface area contributed by atoms with Gasteiger partial charge in [0.15, 0.2) is 18.5 Å². The van der Waals surface area contributed by atoms with Crippen molar-refractivity contribution in [1.82, 2.24) is 4.98 Å². The van der Waals surface area contributed by atoms with E-state index in [0.29, 0.717) is 16.3 Å². The second kappa shape index (κ2) is 9.04. The van der Waals surface area contributed by atoms with Gasteiger partial charge in [0.05, 0.1) is 21.7 Å². The Bertz CT molecular complexity index is 850. The maximum absolute atomic E-state index is 12.0. The summed E-state index contributed by atoms with van der Waals surface area (Å²) in [6.45, 7) is 1.02. The molecule has 1 amide bonds. The lowest BCUT2D eigenvalue weighted by Crippen LogP contribution is -2.32. The Morgan fingerprint density at radius 3 is 2.62 bits per heavy atom. The minimum absolute atomic E-state index is 0.109. The number of nitrogens with zero attached hydrogens (tertiary/aromatic N) is 2. The van der Waals surface area contributed by atoms with E-state index in [9.17, 15) is 9.59 Å². The smallest absolute Gasteiger partial charge is 0.344 e. The maximum Gasteiger partial charge on any atom is 0.344 e. The standard InChI is InChI=1S/C17H13Cl2N3O4/c1-10(17(24)22-16-14(19)6-12(18)8-21-16)26-15(23)9-25-13-4-2-11(7-20)3-5-13/h2-6,8,10H,9H2,1H3,(H,21,22,24)/t10-/m0/s1. The summed E-state index contributed by atoms with van der Waals surface area (Å²) in [5.74, 6) is -0.825. The lowest BCUT2D eigenvalue weighted by molar-refractivity contribution is -0.155. The molecule has 1 N–H and O–H groups in total. The molecule has 2 aromatic rings. The third-order valence-corrected chi connectivity index (χ3v) is 3.56. The van der Waals surface area contributed by atoms with Gasteiger partial charge in [-0.2, -0.15) is 5.26 Å². The fourth-order valence-corrected chi connectivity index (χ4v) is 2.20. The molecular weight excluding hydrogens is 381 g/mol. The molecule has 7 nitrogen and oxygen atoms in total. The molecule has 2 rings (SSSR count). The second-order valence-electron chi connectivity index (χ2n) is 5.03. The van der Waals surface area contributed by atoms with Gasteiger partial charge < -0.3 is 14.8 Å². The molecule has 0 aliphatic rings. The first kappa shape index (κ1) is 19.5. The Morgan fingerprint density at radius 1 is 1.31 bits per heavy atom. The SMILES string of the molecule is C[C@H](OC(=O)COc1ccc(C#N)cc1)C(=O)Nc1ncc(Cl)cc1Cl. The van der Waals surface area contributed by atoms with Gasteiger partial charge in [-0.1, -0.05) is 23.2 Å². The van der Waals surface area contributed by atoms with Gasteiger partial charge in [0.2, 0.25) is 0 Å². The summed E-state index contributed by atoms with van der Waals surface area (Å²) in [4.78, 5) is 27.7. The normalized spacial score (nSPS) is 11.2. The molecule has 0 fully saturated rings. The Morgan fingerprint density at radius 2 is 2.00 bits per heavy atom. The number of aromatic nitrogens is 1. The molecule has 0 unspecified atom stereocenters. The zero-order chi connectivity index (χ0) is 19.1. The van der Waals surface area contributed by atoms with Gasteiger partial charge in [-0.25, -0.2) is 9.78 Å². The topological polar surface area (TPSA) is 101 Å². The van der Waals surface area contributed by atoms with Crippen LogP contribution in [0.3, 0.4) is 0 Å². The van der Waals surface area contributed by atoms with Crippen molar-refractivity contribution in [1.29, 1.82) is 5.26 Å². The lowest BCUT2D eigenvalue weighted by atomic mass is 10.2. The lowest BCUT2D eigenvalue weighted by Gasteiger charge is -2.14. The maximum atomic E-state index is 12.0. The van der Waals surface area contributed by atoms with Crippen LogP contribution in [0.4, 0.5) is 5.82 Å². The fraction of sp³-hybridized carbons (Fsp3) is 0.176. The van der Waals surface area contributed by atoms with E-state index >= 15 is 0 Å². The molecule has 9 heteroatoms. The van der Waals surface area contributed by atoms with E-state index in [-0.39, 0.29) is 17.4 Å². The monoisotopic (exact) mass is 393 g/mol. The number of pyridine rings is 1. The van der Waals surface area contributed by atoms with Crippen molar-refractivity contribution in [3.05, 3.63) is 52.1 Å². The number of ether oxygens (including phenoxy) is 2. The first-order chi connectivity index (χ1) is 12.4. The first-order valence-electron chi connectivity index (χ1n) is 7.33. The highest BCUT2D eigenvalue weighted by Crippen LogP contribution is 2.22. The Labute approximate surface area is 159 Å². The Hall–Kier alpha value is -2.82. The molecule has 0 radical (unpaired) electrons. The van der Waals surface area contributed by atoms with Gasteiger partial charge >= 0.3 is 5.97 Å². The summed E-state index contributed by atoms with van der Waals surface area (Å²) in [6, 6.07) is 9.61. The van der Waals surface area contributed by atoms with Crippen LogP contribution in [0.2, 0.25) is 10.0 Å². The summed E-state index contributed by atoms with van der Waals surface area (Å²) in [5.41, 5.74) is 0.472. The van der Waals surface area contributed by atoms with E-state index in [4.69, 9.17) is 37.9 Å². The number of amides is 1. The minimum atomic E-state index is -1.08. The Kier molecular flexibility index (Phi) is 6.78. The van der Waals surface area contributed by atoms with E-state index < -0.39 is 18.0 Å². The number of carbonyl (C=O) groups excluding carboxylic acids is 2. The first-order valence-corrected chi connectivity index (χ1v) is 8.09. The predicted octanol–water partition coefficient (Wildman–Crippen LogP) is 3.21. The van der Waals surface area contributed by atoms with E-state index in [0.717, 1.165) is 0 Å². The largest absolute Gasteiger partial charge is 0.482 e. The highest BCUT2D eigenvalue weighted by Gasteiger charge is 2.19. The third kappa shape index (κ3) is 5.62. The number of benzene rings is 1. The molecule has 0 saturated carbocycles. The molecule has 0 aliphatic carbocycles. The van der Waals surface area contributed by atoms with Gasteiger partial charge in [-0.3, -0.25) is 4.79 Å². The molecule has 26 heavy (non-hydrogen) atoms. The van der Waals surface area contributed by atoms with Gasteiger partial charge in [0, 0.05) is 6.20 Å². The van der Waals surface area contributed by atoms with Gasteiger partial charge in [0.25, 0.3) is 5.91 Å². The number of nitriles is 1. The average Bonchev–Trinajstić information content (AvgIpc) is 2.62. The van der Waals surface area contributed by atoms with Crippen LogP contribution in [-0.2, 0) is 14.3 Å². The number of nitrogens with one attached hydrogen (secondary N) is 1. The average molecular weight is 394 g/mol. The van der Waals surface area contributed by atoms with E-state index in [2.05, 4.69) is 10.3 Å². The van der Waals surface area contributed by atoms with Crippen molar-refractivity contribution in [2.45, 2.75) is 13.0 Å². The quantitative estimate of drug-likeness (QED) is 0.755. The molecule has 0 spiro atoms. The van der Waals surface area contributed by atoms with Crippen LogP contribution in [0.5, 0.6) is 5.75 Å². The second-order valence-corrected chi connectivity index (χ2v) is 5.87. The fourth-order valence-electron chi connectivity index (χ4n) is 1.78. The van der Waals surface area contributed by atoms with Crippen LogP contribution in [0.25, 0.3) is 0 Å². The van der Waals surface area contributed by atoms with Crippen LogP contribution >= 0.6 is 23.2 Å². The molecular formula is C17H13Cl2N3O4. The highest BCUT2D eigenvalue weighted by molar-refractivity contribution is 6.36.